The number of aliphatic carboxylic acids is 1. The molecule has 3 atom stereocenters. The van der Waals surface area contributed by atoms with Crippen LogP contribution in [0, 0.1) is 0 Å². The van der Waals surface area contributed by atoms with E-state index in [0.717, 1.165) is 11.1 Å². The monoisotopic (exact) mass is 333 g/mol. The lowest BCUT2D eigenvalue weighted by Gasteiger charge is -2.25. The van der Waals surface area contributed by atoms with E-state index in [1.54, 1.807) is 26.8 Å². The van der Waals surface area contributed by atoms with Crippen molar-refractivity contribution in [2.24, 2.45) is 0 Å². The van der Waals surface area contributed by atoms with E-state index in [2.05, 4.69) is 11.9 Å². The number of fused-ring (bicyclic) bond motifs is 1. The molecule has 0 radical (unpaired) electrons. The number of nitrogens with one attached hydrogen (secondary N) is 1. The summed E-state index contributed by atoms with van der Waals surface area (Å²) in [7, 11) is 0. The zero-order chi connectivity index (χ0) is 17.9. The van der Waals surface area contributed by atoms with Crippen molar-refractivity contribution in [1.29, 1.82) is 0 Å². The van der Waals surface area contributed by atoms with Crippen LogP contribution in [0.3, 0.4) is 0 Å². The summed E-state index contributed by atoms with van der Waals surface area (Å²) in [5.74, 6) is -1.18. The second-order valence-electron chi connectivity index (χ2n) is 6.66. The van der Waals surface area contributed by atoms with E-state index in [4.69, 9.17) is 9.47 Å². The average molecular weight is 333 g/mol. The van der Waals surface area contributed by atoms with Gasteiger partial charge in [-0.2, -0.15) is 0 Å². The molecule has 1 amide bonds. The van der Waals surface area contributed by atoms with Crippen LogP contribution in [0.2, 0.25) is 0 Å². The van der Waals surface area contributed by atoms with E-state index in [1.807, 2.05) is 24.3 Å². The molecule has 6 nitrogen and oxygen atoms in total. The Kier molecular flexibility index (Phi) is 5.29. The van der Waals surface area contributed by atoms with Gasteiger partial charge in [0.1, 0.15) is 11.7 Å². The first-order valence-corrected chi connectivity index (χ1v) is 7.80. The van der Waals surface area contributed by atoms with Crippen LogP contribution in [0.15, 0.2) is 36.9 Å². The molecule has 6 heteroatoms. The molecule has 1 heterocycles. The summed E-state index contributed by atoms with van der Waals surface area (Å²) >= 11 is 0. The Hall–Kier alpha value is -2.34. The summed E-state index contributed by atoms with van der Waals surface area (Å²) in [4.78, 5) is 23.7. The number of carbonyl (C=O) groups is 2. The van der Waals surface area contributed by atoms with Gasteiger partial charge in [0.05, 0.1) is 6.10 Å². The lowest BCUT2D eigenvalue weighted by Crippen LogP contribution is -2.46. The summed E-state index contributed by atoms with van der Waals surface area (Å²) in [6, 6.07) is 6.16. The predicted molar refractivity (Wildman–Crippen MR) is 88.6 cm³/mol. The van der Waals surface area contributed by atoms with Gasteiger partial charge in [-0.15, -0.1) is 6.58 Å². The fourth-order valence-corrected chi connectivity index (χ4v) is 2.68. The number of carboxylic acid groups (broad SMARTS) is 1. The molecule has 1 aliphatic rings. The Bertz CT molecular complexity index is 635. The molecule has 0 unspecified atom stereocenters. The van der Waals surface area contributed by atoms with Crippen LogP contribution in [-0.4, -0.2) is 28.8 Å². The smallest absolute Gasteiger partial charge is 0.408 e. The van der Waals surface area contributed by atoms with E-state index in [1.165, 1.54) is 0 Å². The number of carbonyl (C=O) groups excluding carboxylic acids is 1. The van der Waals surface area contributed by atoms with E-state index >= 15 is 0 Å². The zero-order valence-electron chi connectivity index (χ0n) is 14.1. The molecule has 1 aromatic carbocycles. The highest BCUT2D eigenvalue weighted by Gasteiger charge is 2.40. The number of amides is 1. The van der Waals surface area contributed by atoms with Gasteiger partial charge in [-0.05, 0) is 38.3 Å². The van der Waals surface area contributed by atoms with E-state index < -0.39 is 29.8 Å². The molecular formula is C18H23NO5. The van der Waals surface area contributed by atoms with E-state index in [-0.39, 0.29) is 6.10 Å². The Morgan fingerprint density at radius 3 is 2.54 bits per heavy atom. The molecule has 0 fully saturated rings. The maximum atomic E-state index is 12.0. The Morgan fingerprint density at radius 2 is 2.00 bits per heavy atom. The quantitative estimate of drug-likeness (QED) is 0.807. The Labute approximate surface area is 141 Å². The first-order valence-electron chi connectivity index (χ1n) is 7.80. The van der Waals surface area contributed by atoms with Crippen LogP contribution in [0.25, 0.3) is 0 Å². The van der Waals surface area contributed by atoms with Crippen molar-refractivity contribution >= 4 is 12.1 Å². The third-order valence-corrected chi connectivity index (χ3v) is 3.58. The predicted octanol–water partition coefficient (Wildman–Crippen LogP) is 3.35. The molecular weight excluding hydrogens is 310 g/mol. The molecule has 0 spiro atoms. The van der Waals surface area contributed by atoms with Crippen molar-refractivity contribution in [3.63, 3.8) is 0 Å². The Morgan fingerprint density at radius 1 is 1.38 bits per heavy atom. The van der Waals surface area contributed by atoms with E-state index in [0.29, 0.717) is 6.42 Å². The molecule has 1 aromatic rings. The van der Waals surface area contributed by atoms with Crippen LogP contribution < -0.4 is 5.32 Å². The largest absolute Gasteiger partial charge is 0.480 e. The third kappa shape index (κ3) is 4.14. The minimum atomic E-state index is -1.24. The molecule has 2 N–H and O–H groups in total. The topological polar surface area (TPSA) is 84.9 Å². The molecule has 0 bridgehead atoms. The summed E-state index contributed by atoms with van der Waals surface area (Å²) in [5.41, 5.74) is 0.958. The van der Waals surface area contributed by atoms with Crippen molar-refractivity contribution in [1.82, 2.24) is 5.32 Å². The minimum absolute atomic E-state index is 0.272. The number of hydrogen-bond acceptors (Lipinski definition) is 4. The first-order chi connectivity index (χ1) is 11.2. The van der Waals surface area contributed by atoms with Gasteiger partial charge >= 0.3 is 12.1 Å². The molecule has 0 saturated carbocycles. The van der Waals surface area contributed by atoms with E-state index in [9.17, 15) is 14.7 Å². The van der Waals surface area contributed by atoms with Gasteiger partial charge in [-0.1, -0.05) is 30.3 Å². The van der Waals surface area contributed by atoms with Crippen LogP contribution in [0.1, 0.15) is 50.5 Å². The second kappa shape index (κ2) is 7.05. The summed E-state index contributed by atoms with van der Waals surface area (Å²) < 4.78 is 11.1. The van der Waals surface area contributed by atoms with Crippen LogP contribution in [-0.2, 0) is 14.3 Å². The van der Waals surface area contributed by atoms with Crippen molar-refractivity contribution in [3.05, 3.63) is 48.0 Å². The van der Waals surface area contributed by atoms with Gasteiger partial charge in [-0.3, -0.25) is 0 Å². The molecule has 130 valence electrons. The third-order valence-electron chi connectivity index (χ3n) is 3.58. The number of benzene rings is 1. The van der Waals surface area contributed by atoms with Crippen molar-refractivity contribution < 1.29 is 24.2 Å². The molecule has 0 aromatic heterocycles. The normalized spacial score (nSPS) is 20.8. The lowest BCUT2D eigenvalue weighted by molar-refractivity contribution is -0.144. The molecule has 2 rings (SSSR count). The maximum absolute atomic E-state index is 12.0. The highest BCUT2D eigenvalue weighted by atomic mass is 16.6. The number of alkyl carbamates (subject to hydrolysis) is 1. The summed E-state index contributed by atoms with van der Waals surface area (Å²) in [6.45, 7) is 8.84. The van der Waals surface area contributed by atoms with Crippen LogP contribution in [0.5, 0.6) is 0 Å². The standard InChI is InChI=1S/C18H23NO5/c1-5-8-13-11-9-6-7-10-12(11)15(23-13)14(16(20)21)19-17(22)24-18(2,3)4/h5-7,9-10,13-15H,1,8H2,2-4H3,(H,19,22)(H,20,21)/t13-,14+,15+/m1/s1. The molecule has 0 saturated heterocycles. The van der Waals surface area contributed by atoms with Gasteiger partial charge < -0.3 is 19.9 Å². The maximum Gasteiger partial charge on any atom is 0.408 e. The number of carboxylic acids is 1. The summed E-state index contributed by atoms with van der Waals surface area (Å²) in [5, 5.41) is 12.0. The highest BCUT2D eigenvalue weighted by molar-refractivity contribution is 5.81. The first kappa shape index (κ1) is 18.0. The fraction of sp³-hybridized carbons (Fsp3) is 0.444. The molecule has 0 aliphatic carbocycles. The zero-order valence-corrected chi connectivity index (χ0v) is 14.1. The summed E-state index contributed by atoms with van der Waals surface area (Å²) in [6.07, 6.45) is 0.443. The lowest BCUT2D eigenvalue weighted by atomic mass is 9.97. The minimum Gasteiger partial charge on any atom is -0.480 e. The van der Waals surface area contributed by atoms with Gasteiger partial charge in [0, 0.05) is 0 Å². The van der Waals surface area contributed by atoms with Gasteiger partial charge in [-0.25, -0.2) is 9.59 Å². The van der Waals surface area contributed by atoms with Crippen molar-refractivity contribution in [2.45, 2.75) is 51.0 Å². The van der Waals surface area contributed by atoms with Crippen LogP contribution in [0.4, 0.5) is 4.79 Å². The molecule has 1 aliphatic heterocycles. The van der Waals surface area contributed by atoms with Gasteiger partial charge in [0.15, 0.2) is 6.04 Å². The average Bonchev–Trinajstić information content (AvgIpc) is 2.82. The second-order valence-corrected chi connectivity index (χ2v) is 6.66. The number of ether oxygens (including phenoxy) is 2. The van der Waals surface area contributed by atoms with Crippen molar-refractivity contribution in [2.75, 3.05) is 0 Å². The number of rotatable bonds is 5. The fourth-order valence-electron chi connectivity index (χ4n) is 2.68. The van der Waals surface area contributed by atoms with Gasteiger partial charge in [0.25, 0.3) is 0 Å². The van der Waals surface area contributed by atoms with Crippen molar-refractivity contribution in [3.8, 4) is 0 Å². The highest BCUT2D eigenvalue weighted by Crippen LogP contribution is 2.42. The van der Waals surface area contributed by atoms with Crippen LogP contribution >= 0.6 is 0 Å². The number of hydrogen-bond donors (Lipinski definition) is 2. The Balaban J connectivity index is 2.24. The molecule has 24 heavy (non-hydrogen) atoms. The van der Waals surface area contributed by atoms with Gasteiger partial charge in [0.2, 0.25) is 0 Å². The SMILES string of the molecule is C=CC[C@H]1O[C@H]([C@H](NC(=O)OC(C)(C)C)C(=O)O)c2ccccc21.